The minimum absolute atomic E-state index is 1.11. The number of aliphatic hydroxyl groups is 4. The Balaban J connectivity index is 5.24. The molecule has 18 heavy (non-hydrogen) atoms. The predicted octanol–water partition coefficient (Wildman–Crippen LogP) is -1.57. The second-order valence-electron chi connectivity index (χ2n) is 3.32. The average molecular weight is 398 g/mol. The van der Waals surface area contributed by atoms with Gasteiger partial charge in [-0.3, -0.25) is 20.2 Å². The van der Waals surface area contributed by atoms with Gasteiger partial charge in [-0.2, -0.15) is 0 Å². The number of aliphatic hydroxyl groups excluding tert-OH is 4. The molecule has 0 aliphatic carbocycles. The summed E-state index contributed by atoms with van der Waals surface area (Å²) in [5.74, 6) is 0. The fourth-order valence-corrected chi connectivity index (χ4v) is 1.87. The summed E-state index contributed by atoms with van der Waals surface area (Å²) in [7, 11) is 0. The highest BCUT2D eigenvalue weighted by Crippen LogP contribution is 2.28. The van der Waals surface area contributed by atoms with E-state index in [1.54, 1.807) is 0 Å². The van der Waals surface area contributed by atoms with Crippen LogP contribution in [-0.4, -0.2) is 64.6 Å². The first-order valence-corrected chi connectivity index (χ1v) is 6.06. The van der Waals surface area contributed by atoms with Crippen molar-refractivity contribution in [3.63, 3.8) is 0 Å². The highest BCUT2D eigenvalue weighted by atomic mass is 79.9. The molecule has 0 saturated heterocycles. The van der Waals surface area contributed by atoms with Crippen molar-refractivity contribution in [3.8, 4) is 0 Å². The molecule has 0 spiro atoms. The van der Waals surface area contributed by atoms with Crippen molar-refractivity contribution < 1.29 is 30.3 Å². The standard InChI is InChI=1S/C6H10Br2N2O8/c7-5(14)2(9(15)16)3(12)4(13)6(8,1-11)10(17)18/h2-5,11-14H,1H2. The number of halogens is 2. The zero-order valence-electron chi connectivity index (χ0n) is 8.59. The Hall–Kier alpha value is -0.400. The summed E-state index contributed by atoms with van der Waals surface area (Å²) in [6, 6.07) is -2.11. The van der Waals surface area contributed by atoms with Crippen LogP contribution in [0.4, 0.5) is 0 Å². The maximum Gasteiger partial charge on any atom is 0.325 e. The highest BCUT2D eigenvalue weighted by molar-refractivity contribution is 9.10. The molecule has 0 amide bonds. The molecule has 0 aliphatic rings. The molecule has 0 heterocycles. The Labute approximate surface area is 117 Å². The minimum Gasteiger partial charge on any atom is -0.388 e. The number of nitrogens with zero attached hydrogens (tertiary/aromatic N) is 2. The average Bonchev–Trinajstić information content (AvgIpc) is 2.25. The molecule has 0 aromatic carbocycles. The fourth-order valence-electron chi connectivity index (χ4n) is 1.10. The van der Waals surface area contributed by atoms with E-state index in [4.69, 9.17) is 10.2 Å². The van der Waals surface area contributed by atoms with Crippen LogP contribution in [0.25, 0.3) is 0 Å². The first kappa shape index (κ1) is 17.6. The van der Waals surface area contributed by atoms with Gasteiger partial charge >= 0.3 is 4.45 Å². The molecule has 5 atom stereocenters. The lowest BCUT2D eigenvalue weighted by atomic mass is 10.0. The van der Waals surface area contributed by atoms with Gasteiger partial charge in [-0.1, -0.05) is 15.9 Å². The second-order valence-corrected chi connectivity index (χ2v) is 5.63. The van der Waals surface area contributed by atoms with Crippen LogP contribution in [0.1, 0.15) is 0 Å². The molecule has 0 aromatic rings. The lowest BCUT2D eigenvalue weighted by Crippen LogP contribution is -2.58. The number of alkyl halides is 2. The Kier molecular flexibility index (Phi) is 6.53. The van der Waals surface area contributed by atoms with Gasteiger partial charge < -0.3 is 20.4 Å². The zero-order valence-corrected chi connectivity index (χ0v) is 11.8. The van der Waals surface area contributed by atoms with Crippen molar-refractivity contribution >= 4 is 31.9 Å². The monoisotopic (exact) mass is 396 g/mol. The van der Waals surface area contributed by atoms with Crippen LogP contribution >= 0.6 is 31.9 Å². The van der Waals surface area contributed by atoms with Gasteiger partial charge in [-0.15, -0.1) is 0 Å². The number of hydrogen-bond acceptors (Lipinski definition) is 8. The van der Waals surface area contributed by atoms with Gasteiger partial charge in [0.05, 0.1) is 0 Å². The van der Waals surface area contributed by atoms with Crippen molar-refractivity contribution in [2.45, 2.75) is 27.7 Å². The molecule has 4 N–H and O–H groups in total. The summed E-state index contributed by atoms with van der Waals surface area (Å²) in [6.45, 7) is -1.22. The van der Waals surface area contributed by atoms with Crippen molar-refractivity contribution in [1.82, 2.24) is 0 Å². The molecule has 0 aliphatic heterocycles. The first-order chi connectivity index (χ1) is 8.09. The molecule has 5 unspecified atom stereocenters. The van der Waals surface area contributed by atoms with Gasteiger partial charge in [0.25, 0.3) is 6.04 Å². The van der Waals surface area contributed by atoms with Crippen molar-refractivity contribution in [3.05, 3.63) is 20.2 Å². The van der Waals surface area contributed by atoms with Crippen molar-refractivity contribution in [1.29, 1.82) is 0 Å². The van der Waals surface area contributed by atoms with Gasteiger partial charge in [0.2, 0.25) is 0 Å². The summed E-state index contributed by atoms with van der Waals surface area (Å²) in [4.78, 5) is 19.0. The third-order valence-corrected chi connectivity index (χ3v) is 3.73. The van der Waals surface area contributed by atoms with Crippen molar-refractivity contribution in [2.75, 3.05) is 6.61 Å². The molecule has 0 fully saturated rings. The van der Waals surface area contributed by atoms with Gasteiger partial charge in [0, 0.05) is 25.8 Å². The molecule has 10 nitrogen and oxygen atoms in total. The van der Waals surface area contributed by atoms with Gasteiger partial charge in [-0.25, -0.2) is 0 Å². The number of hydrogen-bond donors (Lipinski definition) is 4. The van der Waals surface area contributed by atoms with E-state index >= 15 is 0 Å². The summed E-state index contributed by atoms with van der Waals surface area (Å²) in [6.07, 6.45) is -4.61. The zero-order chi connectivity index (χ0) is 14.7. The summed E-state index contributed by atoms with van der Waals surface area (Å²) >= 11 is 4.83. The van der Waals surface area contributed by atoms with Crippen molar-refractivity contribution in [2.24, 2.45) is 0 Å². The molecule has 0 saturated carbocycles. The fraction of sp³-hybridized carbons (Fsp3) is 1.00. The maximum absolute atomic E-state index is 10.6. The Morgan fingerprint density at radius 1 is 1.22 bits per heavy atom. The van der Waals surface area contributed by atoms with E-state index in [-0.39, 0.29) is 0 Å². The molecular weight excluding hydrogens is 388 g/mol. The number of rotatable bonds is 7. The smallest absolute Gasteiger partial charge is 0.325 e. The lowest BCUT2D eigenvalue weighted by Gasteiger charge is -2.27. The third kappa shape index (κ3) is 3.55. The second kappa shape index (κ2) is 6.68. The van der Waals surface area contributed by atoms with Crippen LogP contribution in [0.5, 0.6) is 0 Å². The van der Waals surface area contributed by atoms with Crippen LogP contribution in [0.2, 0.25) is 0 Å². The molecule has 0 radical (unpaired) electrons. The van der Waals surface area contributed by atoms with Crippen LogP contribution in [0.15, 0.2) is 0 Å². The van der Waals surface area contributed by atoms with Gasteiger partial charge in [0.15, 0.2) is 17.2 Å². The van der Waals surface area contributed by atoms with E-state index < -0.39 is 44.2 Å². The third-order valence-electron chi connectivity index (χ3n) is 2.18. The highest BCUT2D eigenvalue weighted by Gasteiger charge is 2.56. The van der Waals surface area contributed by atoms with Crippen LogP contribution < -0.4 is 0 Å². The van der Waals surface area contributed by atoms with Gasteiger partial charge in [0.1, 0.15) is 6.61 Å². The molecule has 106 valence electrons. The Bertz CT molecular complexity index is 329. The van der Waals surface area contributed by atoms with Crippen LogP contribution in [0, 0.1) is 20.2 Å². The SMILES string of the molecule is O=[N+]([O-])C(C(O)Br)C(O)C(O)C(Br)(CO)[N+](=O)[O-]. The lowest BCUT2D eigenvalue weighted by molar-refractivity contribution is -0.570. The quantitative estimate of drug-likeness (QED) is 0.173. The Morgan fingerprint density at radius 2 is 1.67 bits per heavy atom. The minimum atomic E-state index is -2.57. The first-order valence-electron chi connectivity index (χ1n) is 4.35. The van der Waals surface area contributed by atoms with E-state index in [1.165, 1.54) is 0 Å². The molecule has 0 aromatic heterocycles. The normalized spacial score (nSPS) is 21.4. The molecule has 0 bridgehead atoms. The molecule has 12 heteroatoms. The summed E-state index contributed by atoms with van der Waals surface area (Å²) in [5, 5.41) is 56.3. The predicted molar refractivity (Wildman–Crippen MR) is 63.5 cm³/mol. The molecule has 0 rings (SSSR count). The van der Waals surface area contributed by atoms with E-state index in [9.17, 15) is 30.4 Å². The molecular formula is C6H10Br2N2O8. The van der Waals surface area contributed by atoms with E-state index in [2.05, 4.69) is 31.9 Å². The van der Waals surface area contributed by atoms with Crippen LogP contribution in [0.3, 0.4) is 0 Å². The topological polar surface area (TPSA) is 167 Å². The number of nitro groups is 2. The van der Waals surface area contributed by atoms with Crippen LogP contribution in [-0.2, 0) is 0 Å². The van der Waals surface area contributed by atoms with Gasteiger partial charge in [-0.05, 0) is 0 Å². The summed E-state index contributed by atoms with van der Waals surface area (Å²) in [5.41, 5.74) is 0. The van der Waals surface area contributed by atoms with E-state index in [1.807, 2.05) is 0 Å². The maximum atomic E-state index is 10.6. The summed E-state index contributed by atoms with van der Waals surface area (Å²) < 4.78 is -2.57. The Morgan fingerprint density at radius 3 is 1.89 bits per heavy atom. The van der Waals surface area contributed by atoms with E-state index in [0.29, 0.717) is 0 Å². The van der Waals surface area contributed by atoms with E-state index in [0.717, 1.165) is 0 Å². The largest absolute Gasteiger partial charge is 0.388 e.